The van der Waals surface area contributed by atoms with Gasteiger partial charge in [-0.1, -0.05) is 43.7 Å². The Bertz CT molecular complexity index is 1280. The summed E-state index contributed by atoms with van der Waals surface area (Å²) in [6.45, 7) is 4.18. The summed E-state index contributed by atoms with van der Waals surface area (Å²) < 4.78 is 7.58. The molecule has 4 N–H and O–H groups in total. The quantitative estimate of drug-likeness (QED) is 0.271. The number of pyridine rings is 1. The number of benzene rings is 2. The van der Waals surface area contributed by atoms with Gasteiger partial charge in [-0.15, -0.1) is 0 Å². The van der Waals surface area contributed by atoms with E-state index in [1.807, 2.05) is 36.4 Å². The molecular weight excluding hydrogens is 430 g/mol. The van der Waals surface area contributed by atoms with Gasteiger partial charge < -0.3 is 25.5 Å². The van der Waals surface area contributed by atoms with Crippen molar-refractivity contribution in [2.75, 3.05) is 18.9 Å². The third-order valence-corrected chi connectivity index (χ3v) is 5.77. The molecule has 0 fully saturated rings. The number of aromatic nitrogens is 3. The topological polar surface area (TPSA) is 115 Å². The summed E-state index contributed by atoms with van der Waals surface area (Å²) in [4.78, 5) is 20.1. The van der Waals surface area contributed by atoms with Crippen molar-refractivity contribution in [1.29, 1.82) is 0 Å². The molecule has 8 nitrogen and oxygen atoms in total. The Morgan fingerprint density at radius 1 is 1.15 bits per heavy atom. The van der Waals surface area contributed by atoms with Crippen molar-refractivity contribution < 1.29 is 14.6 Å². The Balaban J connectivity index is 1.45. The average molecular weight is 462 g/mol. The molecule has 0 radical (unpaired) electrons. The van der Waals surface area contributed by atoms with Crippen molar-refractivity contribution in [1.82, 2.24) is 19.9 Å². The van der Waals surface area contributed by atoms with Crippen LogP contribution in [0.5, 0.6) is 5.75 Å². The predicted octanol–water partition coefficient (Wildman–Crippen LogP) is 4.15. The van der Waals surface area contributed by atoms with Gasteiger partial charge in [0.2, 0.25) is 0 Å². The monoisotopic (exact) mass is 461 g/mol. The lowest BCUT2D eigenvalue weighted by atomic mass is 10.2. The summed E-state index contributed by atoms with van der Waals surface area (Å²) in [5.74, 6) is 1.11. The van der Waals surface area contributed by atoms with E-state index >= 15 is 0 Å². The van der Waals surface area contributed by atoms with E-state index in [2.05, 4.69) is 27.9 Å². The smallest absolute Gasteiger partial charge is 0.341 e. The van der Waals surface area contributed by atoms with E-state index in [9.17, 15) is 4.79 Å². The van der Waals surface area contributed by atoms with Crippen molar-refractivity contribution >= 4 is 33.7 Å². The van der Waals surface area contributed by atoms with Crippen molar-refractivity contribution in [2.24, 2.45) is 0 Å². The fourth-order valence-electron chi connectivity index (χ4n) is 4.16. The minimum atomic E-state index is -0.987. The van der Waals surface area contributed by atoms with E-state index in [4.69, 9.17) is 20.6 Å². The number of fused-ring (bicyclic) bond motifs is 3. The number of nitrogens with one attached hydrogen (secondary N) is 1. The molecule has 0 aliphatic carbocycles. The van der Waals surface area contributed by atoms with Gasteiger partial charge in [-0.3, -0.25) is 0 Å². The summed E-state index contributed by atoms with van der Waals surface area (Å²) >= 11 is 0. The molecule has 0 spiro atoms. The minimum absolute atomic E-state index is 0.342. The van der Waals surface area contributed by atoms with Gasteiger partial charge in [-0.2, -0.15) is 0 Å². The van der Waals surface area contributed by atoms with Crippen LogP contribution in [0.25, 0.3) is 21.9 Å². The standard InChI is InChI=1S/C26H31N5O3/c1-2-3-12-22-30-24-25(20-10-4-5-11-21(20)29-26(24)27)31(22)14-7-13-28-16-18-8-6-9-19(15-18)34-17-23(32)33/h4-6,8-11,15,28H,2-3,7,12-14,16-17H2,1H3,(H2,27,29)(H,32,33). The second-order valence-electron chi connectivity index (χ2n) is 8.35. The lowest BCUT2D eigenvalue weighted by Gasteiger charge is -2.12. The minimum Gasteiger partial charge on any atom is -0.482 e. The summed E-state index contributed by atoms with van der Waals surface area (Å²) in [5.41, 5.74) is 10.1. The highest BCUT2D eigenvalue weighted by molar-refractivity contribution is 6.06. The van der Waals surface area contributed by atoms with Gasteiger partial charge in [-0.25, -0.2) is 14.8 Å². The number of carbonyl (C=O) groups is 1. The zero-order valence-corrected chi connectivity index (χ0v) is 19.5. The number of hydrogen-bond acceptors (Lipinski definition) is 6. The fourth-order valence-corrected chi connectivity index (χ4v) is 4.16. The van der Waals surface area contributed by atoms with E-state index in [0.29, 0.717) is 18.1 Å². The van der Waals surface area contributed by atoms with Crippen LogP contribution in [0.2, 0.25) is 0 Å². The number of para-hydroxylation sites is 1. The molecule has 0 bridgehead atoms. The van der Waals surface area contributed by atoms with Gasteiger partial charge in [0.05, 0.1) is 11.0 Å². The number of unbranched alkanes of at least 4 members (excludes halogenated alkanes) is 1. The van der Waals surface area contributed by atoms with Gasteiger partial charge in [0.25, 0.3) is 0 Å². The molecule has 0 aliphatic heterocycles. The molecule has 178 valence electrons. The zero-order chi connectivity index (χ0) is 23.9. The van der Waals surface area contributed by atoms with Gasteiger partial charge in [0.15, 0.2) is 12.4 Å². The largest absolute Gasteiger partial charge is 0.482 e. The molecule has 34 heavy (non-hydrogen) atoms. The van der Waals surface area contributed by atoms with E-state index in [-0.39, 0.29) is 6.61 Å². The van der Waals surface area contributed by atoms with Crippen LogP contribution < -0.4 is 15.8 Å². The first kappa shape index (κ1) is 23.5. The number of nitrogen functional groups attached to an aromatic ring is 1. The van der Waals surface area contributed by atoms with E-state index < -0.39 is 5.97 Å². The molecule has 0 saturated heterocycles. The molecule has 0 unspecified atom stereocenters. The number of imidazole rings is 1. The zero-order valence-electron chi connectivity index (χ0n) is 19.5. The Kier molecular flexibility index (Phi) is 7.59. The van der Waals surface area contributed by atoms with Crippen molar-refractivity contribution in [2.45, 2.75) is 45.7 Å². The molecule has 8 heteroatoms. The maximum atomic E-state index is 10.7. The first-order chi connectivity index (χ1) is 16.6. The molecule has 0 aliphatic rings. The maximum Gasteiger partial charge on any atom is 0.341 e. The van der Waals surface area contributed by atoms with Gasteiger partial charge in [0.1, 0.15) is 17.1 Å². The molecule has 4 rings (SSSR count). The van der Waals surface area contributed by atoms with Crippen LogP contribution in [0.4, 0.5) is 5.82 Å². The first-order valence-corrected chi connectivity index (χ1v) is 11.7. The maximum absolute atomic E-state index is 10.7. The number of hydrogen-bond donors (Lipinski definition) is 3. The van der Waals surface area contributed by atoms with E-state index in [0.717, 1.165) is 72.1 Å². The van der Waals surface area contributed by atoms with Gasteiger partial charge in [0, 0.05) is 24.9 Å². The highest BCUT2D eigenvalue weighted by Crippen LogP contribution is 2.29. The summed E-state index contributed by atoms with van der Waals surface area (Å²) in [6.07, 6.45) is 4.02. The Morgan fingerprint density at radius 2 is 2.00 bits per heavy atom. The van der Waals surface area contributed by atoms with Crippen molar-refractivity contribution in [3.63, 3.8) is 0 Å². The Labute approximate surface area is 198 Å². The summed E-state index contributed by atoms with van der Waals surface area (Å²) in [6, 6.07) is 15.6. The van der Waals surface area contributed by atoms with E-state index in [1.165, 1.54) is 0 Å². The van der Waals surface area contributed by atoms with Crippen molar-refractivity contribution in [3.05, 3.63) is 59.9 Å². The summed E-state index contributed by atoms with van der Waals surface area (Å²) in [5, 5.41) is 13.3. The lowest BCUT2D eigenvalue weighted by Crippen LogP contribution is -2.17. The number of rotatable bonds is 12. The number of nitrogens with zero attached hydrogens (tertiary/aromatic N) is 3. The van der Waals surface area contributed by atoms with Crippen LogP contribution in [-0.2, 0) is 24.3 Å². The lowest BCUT2D eigenvalue weighted by molar-refractivity contribution is -0.139. The third-order valence-electron chi connectivity index (χ3n) is 5.77. The molecule has 2 aromatic carbocycles. The fraction of sp³-hybridized carbons (Fsp3) is 0.346. The number of carboxylic acids is 1. The normalized spacial score (nSPS) is 11.3. The van der Waals surface area contributed by atoms with Crippen LogP contribution >= 0.6 is 0 Å². The number of anilines is 1. The second kappa shape index (κ2) is 11.0. The second-order valence-corrected chi connectivity index (χ2v) is 8.35. The molecule has 0 saturated carbocycles. The van der Waals surface area contributed by atoms with Crippen LogP contribution in [0, 0.1) is 0 Å². The number of carboxylic acid groups (broad SMARTS) is 1. The third kappa shape index (κ3) is 5.46. The molecular formula is C26H31N5O3. The SMILES string of the molecule is CCCCc1nc2c(N)nc3ccccc3c2n1CCCNCc1cccc(OCC(=O)O)c1. The Morgan fingerprint density at radius 3 is 2.82 bits per heavy atom. The molecule has 0 amide bonds. The average Bonchev–Trinajstić information content (AvgIpc) is 3.21. The summed E-state index contributed by atoms with van der Waals surface area (Å²) in [7, 11) is 0. The molecule has 2 aromatic heterocycles. The van der Waals surface area contributed by atoms with E-state index in [1.54, 1.807) is 6.07 Å². The molecule has 0 atom stereocenters. The molecule has 4 aromatic rings. The van der Waals surface area contributed by atoms with Gasteiger partial charge >= 0.3 is 5.97 Å². The number of aliphatic carboxylic acids is 1. The molecule has 2 heterocycles. The van der Waals surface area contributed by atoms with Crippen LogP contribution in [0.3, 0.4) is 0 Å². The predicted molar refractivity (Wildman–Crippen MR) is 134 cm³/mol. The highest BCUT2D eigenvalue weighted by atomic mass is 16.5. The number of nitrogens with two attached hydrogens (primary N) is 1. The van der Waals surface area contributed by atoms with Crippen LogP contribution in [0.15, 0.2) is 48.5 Å². The first-order valence-electron chi connectivity index (χ1n) is 11.7. The number of ether oxygens (including phenoxy) is 1. The van der Waals surface area contributed by atoms with Crippen molar-refractivity contribution in [3.8, 4) is 5.75 Å². The highest BCUT2D eigenvalue weighted by Gasteiger charge is 2.16. The van der Waals surface area contributed by atoms with Gasteiger partial charge in [-0.05, 0) is 43.1 Å². The Hall–Kier alpha value is -3.65. The number of aryl methyl sites for hydroxylation is 2. The van der Waals surface area contributed by atoms with Crippen LogP contribution in [0.1, 0.15) is 37.6 Å². The van der Waals surface area contributed by atoms with Crippen LogP contribution in [-0.4, -0.2) is 38.8 Å².